The molecule has 2 heterocycles. The highest BCUT2D eigenvalue weighted by Gasteiger charge is 2.17. The summed E-state index contributed by atoms with van der Waals surface area (Å²) in [5.74, 6) is 2.22. The number of hydrogen-bond acceptors (Lipinski definition) is 5. The summed E-state index contributed by atoms with van der Waals surface area (Å²) in [5.41, 5.74) is 2.33. The molecule has 3 rings (SSSR count). The average molecular weight is 420 g/mol. The Morgan fingerprint density at radius 2 is 1.97 bits per heavy atom. The molecule has 2 saturated heterocycles. The summed E-state index contributed by atoms with van der Waals surface area (Å²) >= 11 is 0. The van der Waals surface area contributed by atoms with Gasteiger partial charge in [0.2, 0.25) is 0 Å². The molecular formula is C23H37N3O4. The maximum Gasteiger partial charge on any atom is 0.191 e. The first-order chi connectivity index (χ1) is 14.7. The number of aryl methyl sites for hydroxylation is 1. The predicted molar refractivity (Wildman–Crippen MR) is 118 cm³/mol. The Morgan fingerprint density at radius 1 is 1.13 bits per heavy atom. The van der Waals surface area contributed by atoms with Crippen LogP contribution in [0.4, 0.5) is 0 Å². The van der Waals surface area contributed by atoms with Crippen molar-refractivity contribution in [1.29, 1.82) is 0 Å². The molecule has 7 heteroatoms. The Hall–Kier alpha value is -1.83. The molecule has 0 bridgehead atoms. The normalized spacial score (nSPS) is 20.3. The zero-order valence-electron chi connectivity index (χ0n) is 18.5. The van der Waals surface area contributed by atoms with Gasteiger partial charge in [0.15, 0.2) is 5.96 Å². The second kappa shape index (κ2) is 12.8. The van der Waals surface area contributed by atoms with Gasteiger partial charge in [-0.3, -0.25) is 4.99 Å². The number of ether oxygens (including phenoxy) is 4. The summed E-state index contributed by atoms with van der Waals surface area (Å²) in [4.78, 5) is 4.33. The van der Waals surface area contributed by atoms with Crippen LogP contribution in [0.3, 0.4) is 0 Å². The molecular weight excluding hydrogens is 382 g/mol. The number of nitrogens with one attached hydrogen (secondary N) is 2. The zero-order chi connectivity index (χ0) is 21.0. The van der Waals surface area contributed by atoms with E-state index in [4.69, 9.17) is 18.9 Å². The number of guanidine groups is 1. The molecule has 1 aromatic rings. The molecule has 0 radical (unpaired) electrons. The van der Waals surface area contributed by atoms with Gasteiger partial charge in [-0.2, -0.15) is 0 Å². The smallest absolute Gasteiger partial charge is 0.191 e. The van der Waals surface area contributed by atoms with Crippen LogP contribution in [0.25, 0.3) is 0 Å². The molecule has 1 atom stereocenters. The topological polar surface area (TPSA) is 73.3 Å². The zero-order valence-corrected chi connectivity index (χ0v) is 18.5. The lowest BCUT2D eigenvalue weighted by Gasteiger charge is -2.22. The number of nitrogens with zero attached hydrogens (tertiary/aromatic N) is 1. The number of rotatable bonds is 10. The monoisotopic (exact) mass is 419 g/mol. The maximum atomic E-state index is 6.13. The van der Waals surface area contributed by atoms with E-state index in [1.54, 1.807) is 7.05 Å². The van der Waals surface area contributed by atoms with Gasteiger partial charge in [0.25, 0.3) is 0 Å². The fourth-order valence-corrected chi connectivity index (χ4v) is 3.64. The summed E-state index contributed by atoms with van der Waals surface area (Å²) in [6.07, 6.45) is 4.39. The van der Waals surface area contributed by atoms with Crippen LogP contribution < -0.4 is 15.4 Å². The van der Waals surface area contributed by atoms with Crippen molar-refractivity contribution in [3.05, 3.63) is 29.3 Å². The molecule has 1 unspecified atom stereocenters. The van der Waals surface area contributed by atoms with Crippen LogP contribution in [0.15, 0.2) is 23.2 Å². The predicted octanol–water partition coefficient (Wildman–Crippen LogP) is 2.66. The van der Waals surface area contributed by atoms with E-state index in [1.807, 2.05) is 0 Å². The molecule has 2 N–H and O–H groups in total. The molecule has 7 nitrogen and oxygen atoms in total. The van der Waals surface area contributed by atoms with Gasteiger partial charge in [0, 0.05) is 58.0 Å². The summed E-state index contributed by atoms with van der Waals surface area (Å²) in [6.45, 7) is 8.32. The van der Waals surface area contributed by atoms with Gasteiger partial charge >= 0.3 is 0 Å². The highest BCUT2D eigenvalue weighted by Crippen LogP contribution is 2.22. The molecule has 168 valence electrons. The van der Waals surface area contributed by atoms with Crippen LogP contribution in [0, 0.1) is 12.8 Å². The van der Waals surface area contributed by atoms with Crippen LogP contribution in [0.1, 0.15) is 36.8 Å². The van der Waals surface area contributed by atoms with Crippen LogP contribution in [-0.4, -0.2) is 65.3 Å². The first-order valence-electron chi connectivity index (χ1n) is 11.2. The Balaban J connectivity index is 1.38. The lowest BCUT2D eigenvalue weighted by atomic mass is 10.1. The van der Waals surface area contributed by atoms with Crippen LogP contribution >= 0.6 is 0 Å². The van der Waals surface area contributed by atoms with Crippen LogP contribution in [0.2, 0.25) is 0 Å². The number of hydrogen-bond donors (Lipinski definition) is 2. The van der Waals surface area contributed by atoms with Gasteiger partial charge in [0.05, 0.1) is 19.3 Å². The van der Waals surface area contributed by atoms with E-state index < -0.39 is 0 Å². The second-order valence-corrected chi connectivity index (χ2v) is 8.04. The van der Waals surface area contributed by atoms with Crippen molar-refractivity contribution in [3.63, 3.8) is 0 Å². The van der Waals surface area contributed by atoms with Crippen molar-refractivity contribution in [2.45, 2.75) is 45.3 Å². The van der Waals surface area contributed by atoms with Gasteiger partial charge in [-0.25, -0.2) is 0 Å². The molecule has 0 spiro atoms. The van der Waals surface area contributed by atoms with E-state index >= 15 is 0 Å². The summed E-state index contributed by atoms with van der Waals surface area (Å²) < 4.78 is 22.9. The minimum Gasteiger partial charge on any atom is -0.493 e. The molecule has 0 amide bonds. The molecule has 0 aromatic heterocycles. The van der Waals surface area contributed by atoms with E-state index in [0.717, 1.165) is 82.5 Å². The fourth-order valence-electron chi connectivity index (χ4n) is 3.64. The van der Waals surface area contributed by atoms with Crippen molar-refractivity contribution in [1.82, 2.24) is 10.6 Å². The number of benzene rings is 1. The SMILES string of the molecule is CN=C(NCCCOC1CCOCC1)NCc1ccc(C)cc1OCC1CCOC1. The highest BCUT2D eigenvalue weighted by molar-refractivity contribution is 5.79. The lowest BCUT2D eigenvalue weighted by molar-refractivity contribution is -0.0320. The molecule has 0 aliphatic carbocycles. The van der Waals surface area contributed by atoms with E-state index in [-0.39, 0.29) is 0 Å². The minimum absolute atomic E-state index is 0.354. The lowest BCUT2D eigenvalue weighted by Crippen LogP contribution is -2.37. The molecule has 2 aliphatic heterocycles. The molecule has 1 aromatic carbocycles. The number of aliphatic imine (C=N–C) groups is 1. The van der Waals surface area contributed by atoms with Gasteiger partial charge in [-0.15, -0.1) is 0 Å². The Kier molecular flexibility index (Phi) is 9.73. The first kappa shape index (κ1) is 22.8. The van der Waals surface area contributed by atoms with Crippen molar-refractivity contribution < 1.29 is 18.9 Å². The summed E-state index contributed by atoms with van der Waals surface area (Å²) in [6, 6.07) is 6.35. The van der Waals surface area contributed by atoms with Gasteiger partial charge in [-0.1, -0.05) is 12.1 Å². The molecule has 0 saturated carbocycles. The minimum atomic E-state index is 0.354. The van der Waals surface area contributed by atoms with Crippen LogP contribution in [-0.2, 0) is 20.8 Å². The highest BCUT2D eigenvalue weighted by atomic mass is 16.5. The quantitative estimate of drug-likeness (QED) is 0.345. The second-order valence-electron chi connectivity index (χ2n) is 8.04. The Bertz CT molecular complexity index is 656. The molecule has 2 aliphatic rings. The third-order valence-corrected chi connectivity index (χ3v) is 5.53. The van der Waals surface area contributed by atoms with E-state index in [0.29, 0.717) is 25.2 Å². The van der Waals surface area contributed by atoms with Gasteiger partial charge in [0.1, 0.15) is 5.75 Å². The average Bonchev–Trinajstić information content (AvgIpc) is 3.29. The van der Waals surface area contributed by atoms with E-state index in [2.05, 4.69) is 40.7 Å². The largest absolute Gasteiger partial charge is 0.493 e. The van der Waals surface area contributed by atoms with E-state index in [1.165, 1.54) is 5.56 Å². The summed E-state index contributed by atoms with van der Waals surface area (Å²) in [7, 11) is 1.79. The van der Waals surface area contributed by atoms with Crippen molar-refractivity contribution in [2.24, 2.45) is 10.9 Å². The first-order valence-corrected chi connectivity index (χ1v) is 11.2. The Labute approximate surface area is 180 Å². The van der Waals surface area contributed by atoms with Crippen LogP contribution in [0.5, 0.6) is 5.75 Å². The molecule has 30 heavy (non-hydrogen) atoms. The third kappa shape index (κ3) is 7.78. The maximum absolute atomic E-state index is 6.13. The summed E-state index contributed by atoms with van der Waals surface area (Å²) in [5, 5.41) is 6.75. The molecule has 2 fully saturated rings. The van der Waals surface area contributed by atoms with E-state index in [9.17, 15) is 0 Å². The van der Waals surface area contributed by atoms with Crippen molar-refractivity contribution >= 4 is 5.96 Å². The van der Waals surface area contributed by atoms with Gasteiger partial charge < -0.3 is 29.6 Å². The van der Waals surface area contributed by atoms with Gasteiger partial charge in [-0.05, 0) is 44.2 Å². The third-order valence-electron chi connectivity index (χ3n) is 5.53. The standard InChI is InChI=1S/C23H37N3O4/c1-18-4-5-20(22(14-18)30-17-19-6-11-28-16-19)15-26-23(24-2)25-9-3-10-29-21-7-12-27-13-8-21/h4-5,14,19,21H,3,6-13,15-17H2,1-2H3,(H2,24,25,26). The van der Waals surface area contributed by atoms with Crippen molar-refractivity contribution in [2.75, 3.05) is 53.2 Å². The Morgan fingerprint density at radius 3 is 2.73 bits per heavy atom. The fraction of sp³-hybridized carbons (Fsp3) is 0.696. The van der Waals surface area contributed by atoms with Crippen molar-refractivity contribution in [3.8, 4) is 5.75 Å².